The normalized spacial score (nSPS) is 19.1. The maximum absolute atomic E-state index is 13.3. The van der Waals surface area contributed by atoms with E-state index in [-0.39, 0.29) is 23.6 Å². The van der Waals surface area contributed by atoms with E-state index in [2.05, 4.69) is 0 Å². The summed E-state index contributed by atoms with van der Waals surface area (Å²) < 4.78 is 18.6. The second kappa shape index (κ2) is 4.69. The van der Waals surface area contributed by atoms with Gasteiger partial charge in [-0.15, -0.1) is 0 Å². The molecule has 1 heterocycles. The number of benzene rings is 1. The van der Waals surface area contributed by atoms with E-state index in [0.717, 1.165) is 5.56 Å². The van der Waals surface area contributed by atoms with Crippen LogP contribution < -0.4 is 0 Å². The van der Waals surface area contributed by atoms with Crippen LogP contribution in [0.2, 0.25) is 0 Å². The lowest BCUT2D eigenvalue weighted by atomic mass is 9.68. The van der Waals surface area contributed by atoms with Crippen LogP contribution in [0.4, 0.5) is 4.39 Å². The average molecular weight is 252 g/mol. The fraction of sp³-hybridized carbons (Fsp3) is 0.500. The number of ether oxygens (including phenoxy) is 1. The molecule has 1 aliphatic heterocycles. The highest BCUT2D eigenvalue weighted by Gasteiger charge is 2.45. The lowest BCUT2D eigenvalue weighted by molar-refractivity contribution is -0.142. The number of carboxylic acid groups (broad SMARTS) is 1. The predicted molar refractivity (Wildman–Crippen MR) is 65.1 cm³/mol. The molecule has 0 saturated carbocycles. The summed E-state index contributed by atoms with van der Waals surface area (Å²) in [5.41, 5.74) is 1.28. The molecule has 2 rings (SSSR count). The van der Waals surface area contributed by atoms with E-state index >= 15 is 0 Å². The van der Waals surface area contributed by atoms with Gasteiger partial charge in [-0.25, -0.2) is 4.39 Å². The highest BCUT2D eigenvalue weighted by molar-refractivity contribution is 5.67. The van der Waals surface area contributed by atoms with Gasteiger partial charge in [-0.05, 0) is 30.0 Å². The SMILES string of the molecule is Cc1cc(C2(C(C)CC(=O)O)COC2)ccc1F. The number of aryl methyl sites for hydroxylation is 1. The van der Waals surface area contributed by atoms with Crippen LogP contribution in [0.25, 0.3) is 0 Å². The van der Waals surface area contributed by atoms with Gasteiger partial charge in [0.25, 0.3) is 0 Å². The summed E-state index contributed by atoms with van der Waals surface area (Å²) in [5, 5.41) is 8.91. The Morgan fingerprint density at radius 2 is 2.22 bits per heavy atom. The molecule has 1 aromatic rings. The molecule has 1 unspecified atom stereocenters. The van der Waals surface area contributed by atoms with Gasteiger partial charge >= 0.3 is 5.97 Å². The number of carboxylic acids is 1. The molecule has 4 heteroatoms. The summed E-state index contributed by atoms with van der Waals surface area (Å²) >= 11 is 0. The molecule has 0 radical (unpaired) electrons. The number of rotatable bonds is 4. The second-order valence-electron chi connectivity index (χ2n) is 5.11. The Balaban J connectivity index is 2.31. The standard InChI is InChI=1S/C14H17FO3/c1-9-5-11(3-4-12(9)15)14(7-18-8-14)10(2)6-13(16)17/h3-5,10H,6-8H2,1-2H3,(H,16,17). The predicted octanol–water partition coefficient (Wildman–Crippen LogP) is 2.51. The molecular weight excluding hydrogens is 235 g/mol. The van der Waals surface area contributed by atoms with Crippen LogP contribution in [-0.2, 0) is 14.9 Å². The van der Waals surface area contributed by atoms with Gasteiger partial charge in [-0.1, -0.05) is 19.1 Å². The highest BCUT2D eigenvalue weighted by atomic mass is 19.1. The summed E-state index contributed by atoms with van der Waals surface area (Å²) in [6, 6.07) is 4.98. The first-order chi connectivity index (χ1) is 8.45. The molecule has 18 heavy (non-hydrogen) atoms. The number of hydrogen-bond acceptors (Lipinski definition) is 2. The van der Waals surface area contributed by atoms with Crippen LogP contribution >= 0.6 is 0 Å². The number of halogens is 1. The summed E-state index contributed by atoms with van der Waals surface area (Å²) in [4.78, 5) is 10.8. The first-order valence-corrected chi connectivity index (χ1v) is 6.02. The van der Waals surface area contributed by atoms with E-state index in [9.17, 15) is 9.18 Å². The average Bonchev–Trinajstić information content (AvgIpc) is 2.20. The zero-order valence-corrected chi connectivity index (χ0v) is 10.6. The van der Waals surface area contributed by atoms with Crippen LogP contribution in [0.1, 0.15) is 24.5 Å². The Labute approximate surface area is 106 Å². The van der Waals surface area contributed by atoms with Crippen molar-refractivity contribution in [2.24, 2.45) is 5.92 Å². The summed E-state index contributed by atoms with van der Waals surface area (Å²) in [7, 11) is 0. The van der Waals surface area contributed by atoms with E-state index in [4.69, 9.17) is 9.84 Å². The third-order valence-electron chi connectivity index (χ3n) is 3.88. The molecule has 1 fully saturated rings. The zero-order chi connectivity index (χ0) is 13.3. The molecule has 1 atom stereocenters. The van der Waals surface area contributed by atoms with Crippen molar-refractivity contribution in [1.29, 1.82) is 0 Å². The molecular formula is C14H17FO3. The van der Waals surface area contributed by atoms with E-state index in [1.807, 2.05) is 6.92 Å². The molecule has 0 bridgehead atoms. The van der Waals surface area contributed by atoms with Crippen molar-refractivity contribution in [2.45, 2.75) is 25.7 Å². The van der Waals surface area contributed by atoms with Gasteiger partial charge in [0, 0.05) is 11.8 Å². The minimum absolute atomic E-state index is 0.0337. The first kappa shape index (κ1) is 13.0. The molecule has 0 spiro atoms. The second-order valence-corrected chi connectivity index (χ2v) is 5.11. The minimum Gasteiger partial charge on any atom is -0.481 e. The maximum atomic E-state index is 13.3. The van der Waals surface area contributed by atoms with Crippen molar-refractivity contribution in [2.75, 3.05) is 13.2 Å². The van der Waals surface area contributed by atoms with Gasteiger partial charge in [-0.3, -0.25) is 4.79 Å². The van der Waals surface area contributed by atoms with Gasteiger partial charge in [0.1, 0.15) is 5.82 Å². The van der Waals surface area contributed by atoms with Gasteiger partial charge in [0.2, 0.25) is 0 Å². The Morgan fingerprint density at radius 1 is 1.56 bits per heavy atom. The largest absolute Gasteiger partial charge is 0.481 e. The van der Waals surface area contributed by atoms with E-state index < -0.39 is 5.97 Å². The van der Waals surface area contributed by atoms with Crippen molar-refractivity contribution >= 4 is 5.97 Å². The Morgan fingerprint density at radius 3 is 2.67 bits per heavy atom. The van der Waals surface area contributed by atoms with Gasteiger partial charge in [0.15, 0.2) is 0 Å². The quantitative estimate of drug-likeness (QED) is 0.895. The van der Waals surface area contributed by atoms with Crippen molar-refractivity contribution in [3.8, 4) is 0 Å². The van der Waals surface area contributed by atoms with E-state index in [0.29, 0.717) is 18.8 Å². The van der Waals surface area contributed by atoms with Crippen LogP contribution in [0.3, 0.4) is 0 Å². The molecule has 1 saturated heterocycles. The van der Waals surface area contributed by atoms with Crippen LogP contribution in [-0.4, -0.2) is 24.3 Å². The number of aliphatic carboxylic acids is 1. The Bertz CT molecular complexity index is 466. The van der Waals surface area contributed by atoms with Crippen molar-refractivity contribution in [3.63, 3.8) is 0 Å². The molecule has 3 nitrogen and oxygen atoms in total. The number of carbonyl (C=O) groups is 1. The lowest BCUT2D eigenvalue weighted by Crippen LogP contribution is -2.52. The summed E-state index contributed by atoms with van der Waals surface area (Å²) in [5.74, 6) is -1.08. The molecule has 0 aromatic heterocycles. The van der Waals surface area contributed by atoms with Crippen LogP contribution in [0, 0.1) is 18.7 Å². The highest BCUT2D eigenvalue weighted by Crippen LogP contribution is 2.41. The van der Waals surface area contributed by atoms with Gasteiger partial charge in [0.05, 0.1) is 13.2 Å². The molecule has 98 valence electrons. The van der Waals surface area contributed by atoms with Gasteiger partial charge < -0.3 is 9.84 Å². The maximum Gasteiger partial charge on any atom is 0.303 e. The van der Waals surface area contributed by atoms with Crippen LogP contribution in [0.15, 0.2) is 18.2 Å². The van der Waals surface area contributed by atoms with Crippen molar-refractivity contribution < 1.29 is 19.0 Å². The molecule has 0 aliphatic carbocycles. The third-order valence-corrected chi connectivity index (χ3v) is 3.88. The Hall–Kier alpha value is -1.42. The summed E-state index contributed by atoms with van der Waals surface area (Å²) in [6.07, 6.45) is 0.0970. The van der Waals surface area contributed by atoms with E-state index in [1.165, 1.54) is 6.07 Å². The first-order valence-electron chi connectivity index (χ1n) is 6.02. The fourth-order valence-electron chi connectivity index (χ4n) is 2.47. The van der Waals surface area contributed by atoms with Crippen molar-refractivity contribution in [3.05, 3.63) is 35.1 Å². The summed E-state index contributed by atoms with van der Waals surface area (Å²) in [6.45, 7) is 4.64. The molecule has 0 amide bonds. The molecule has 1 N–H and O–H groups in total. The number of hydrogen-bond donors (Lipinski definition) is 1. The van der Waals surface area contributed by atoms with Crippen molar-refractivity contribution in [1.82, 2.24) is 0 Å². The lowest BCUT2D eigenvalue weighted by Gasteiger charge is -2.46. The third kappa shape index (κ3) is 2.12. The fourth-order valence-corrected chi connectivity index (χ4v) is 2.47. The van der Waals surface area contributed by atoms with Crippen LogP contribution in [0.5, 0.6) is 0 Å². The Kier molecular flexibility index (Phi) is 3.39. The zero-order valence-electron chi connectivity index (χ0n) is 10.6. The molecule has 1 aliphatic rings. The van der Waals surface area contributed by atoms with Gasteiger partial charge in [-0.2, -0.15) is 0 Å². The molecule has 1 aromatic carbocycles. The topological polar surface area (TPSA) is 46.5 Å². The van der Waals surface area contributed by atoms with E-state index in [1.54, 1.807) is 19.1 Å². The monoisotopic (exact) mass is 252 g/mol. The smallest absolute Gasteiger partial charge is 0.303 e. The minimum atomic E-state index is -0.812.